The van der Waals surface area contributed by atoms with Crippen LogP contribution in [0.15, 0.2) is 30.3 Å². The molecule has 20 heavy (non-hydrogen) atoms. The lowest BCUT2D eigenvalue weighted by Gasteiger charge is -2.51. The summed E-state index contributed by atoms with van der Waals surface area (Å²) in [6.07, 6.45) is 6.54. The molecular weight excluding hydrogens is 248 g/mol. The van der Waals surface area contributed by atoms with Crippen LogP contribution in [0, 0.1) is 23.2 Å². The maximum atomic E-state index is 12.2. The van der Waals surface area contributed by atoms with Crippen molar-refractivity contribution in [1.82, 2.24) is 0 Å². The lowest BCUT2D eigenvalue weighted by molar-refractivity contribution is -0.164. The highest BCUT2D eigenvalue weighted by molar-refractivity contribution is 5.76. The molecule has 1 aromatic rings. The van der Waals surface area contributed by atoms with Gasteiger partial charge >= 0.3 is 5.97 Å². The Morgan fingerprint density at radius 1 is 1.25 bits per heavy atom. The molecule has 1 N–H and O–H groups in total. The van der Waals surface area contributed by atoms with Gasteiger partial charge < -0.3 is 5.11 Å². The molecule has 3 rings (SSSR count). The first-order valence-electron chi connectivity index (χ1n) is 7.90. The molecule has 2 aliphatic carbocycles. The number of carboxylic acids is 1. The van der Waals surface area contributed by atoms with E-state index in [-0.39, 0.29) is 5.92 Å². The monoisotopic (exact) mass is 272 g/mol. The van der Waals surface area contributed by atoms with Crippen LogP contribution in [0.25, 0.3) is 0 Å². The van der Waals surface area contributed by atoms with Crippen LogP contribution >= 0.6 is 0 Å². The third-order valence-corrected chi connectivity index (χ3v) is 5.82. The molecule has 2 fully saturated rings. The Kier molecular flexibility index (Phi) is 3.57. The zero-order chi connectivity index (χ0) is 14.2. The van der Waals surface area contributed by atoms with E-state index >= 15 is 0 Å². The summed E-state index contributed by atoms with van der Waals surface area (Å²) in [5.41, 5.74) is 0.629. The topological polar surface area (TPSA) is 37.3 Å². The van der Waals surface area contributed by atoms with Crippen LogP contribution in [0.3, 0.4) is 0 Å². The fourth-order valence-electron chi connectivity index (χ4n) is 4.80. The van der Waals surface area contributed by atoms with E-state index in [2.05, 4.69) is 19.1 Å². The lowest BCUT2D eigenvalue weighted by atomic mass is 9.52. The average molecular weight is 272 g/mol. The maximum Gasteiger partial charge on any atom is 0.310 e. The molecule has 2 saturated carbocycles. The summed E-state index contributed by atoms with van der Waals surface area (Å²) >= 11 is 0. The Labute approximate surface area is 121 Å². The third-order valence-electron chi connectivity index (χ3n) is 5.82. The molecule has 0 heterocycles. The van der Waals surface area contributed by atoms with Crippen LogP contribution < -0.4 is 0 Å². The standard InChI is InChI=1S/C18H24O2/c1-13-10-15-8-5-9-16(11-15)18(13,17(19)20)12-14-6-3-2-4-7-14/h2-4,6-7,13,15-16H,5,8-12H2,1H3,(H,19,20). The van der Waals surface area contributed by atoms with E-state index in [1.807, 2.05) is 18.2 Å². The van der Waals surface area contributed by atoms with E-state index in [4.69, 9.17) is 0 Å². The second-order valence-electron chi connectivity index (χ2n) is 6.87. The van der Waals surface area contributed by atoms with Crippen molar-refractivity contribution in [1.29, 1.82) is 0 Å². The second-order valence-corrected chi connectivity index (χ2v) is 6.87. The molecule has 4 unspecified atom stereocenters. The van der Waals surface area contributed by atoms with Gasteiger partial charge in [-0.05, 0) is 49.0 Å². The van der Waals surface area contributed by atoms with Crippen molar-refractivity contribution < 1.29 is 9.90 Å². The molecule has 2 bridgehead atoms. The van der Waals surface area contributed by atoms with Gasteiger partial charge in [0.15, 0.2) is 0 Å². The van der Waals surface area contributed by atoms with Gasteiger partial charge in [-0.2, -0.15) is 0 Å². The second kappa shape index (κ2) is 5.23. The molecule has 0 aromatic heterocycles. The van der Waals surface area contributed by atoms with E-state index in [9.17, 15) is 9.90 Å². The first kappa shape index (κ1) is 13.7. The van der Waals surface area contributed by atoms with Crippen molar-refractivity contribution in [2.24, 2.45) is 23.2 Å². The lowest BCUT2D eigenvalue weighted by Crippen LogP contribution is -2.51. The van der Waals surface area contributed by atoms with Crippen molar-refractivity contribution in [3.05, 3.63) is 35.9 Å². The molecule has 108 valence electrons. The van der Waals surface area contributed by atoms with Crippen molar-refractivity contribution in [2.75, 3.05) is 0 Å². The Morgan fingerprint density at radius 2 is 2.00 bits per heavy atom. The Morgan fingerprint density at radius 3 is 2.70 bits per heavy atom. The quantitative estimate of drug-likeness (QED) is 0.897. The van der Waals surface area contributed by atoms with E-state index in [1.165, 1.54) is 18.4 Å². The predicted octanol–water partition coefficient (Wildman–Crippen LogP) is 4.15. The largest absolute Gasteiger partial charge is 0.481 e. The van der Waals surface area contributed by atoms with Crippen molar-refractivity contribution in [3.63, 3.8) is 0 Å². The van der Waals surface area contributed by atoms with E-state index in [0.29, 0.717) is 12.3 Å². The molecule has 1 aromatic carbocycles. The molecule has 0 amide bonds. The minimum Gasteiger partial charge on any atom is -0.481 e. The molecule has 0 saturated heterocycles. The van der Waals surface area contributed by atoms with Crippen LogP contribution in [0.1, 0.15) is 44.6 Å². The molecule has 2 nitrogen and oxygen atoms in total. The maximum absolute atomic E-state index is 12.2. The summed E-state index contributed by atoms with van der Waals surface area (Å²) < 4.78 is 0. The molecular formula is C18H24O2. The number of benzene rings is 1. The minimum absolute atomic E-state index is 0.282. The molecule has 0 radical (unpaired) electrons. The van der Waals surface area contributed by atoms with Crippen molar-refractivity contribution in [2.45, 2.75) is 45.4 Å². The SMILES string of the molecule is CC1CC2CCCC(C2)C1(Cc1ccccc1)C(=O)O. The van der Waals surface area contributed by atoms with E-state index in [0.717, 1.165) is 25.2 Å². The highest BCUT2D eigenvalue weighted by Gasteiger charge is 2.54. The van der Waals surface area contributed by atoms with Crippen LogP contribution in [0.2, 0.25) is 0 Å². The first-order valence-corrected chi connectivity index (χ1v) is 7.90. The van der Waals surface area contributed by atoms with Gasteiger partial charge in [0.05, 0.1) is 5.41 Å². The number of carbonyl (C=O) groups is 1. The number of rotatable bonds is 3. The van der Waals surface area contributed by atoms with Gasteiger partial charge in [0, 0.05) is 0 Å². The van der Waals surface area contributed by atoms with Crippen molar-refractivity contribution in [3.8, 4) is 0 Å². The third kappa shape index (κ3) is 2.15. The summed E-state index contributed by atoms with van der Waals surface area (Å²) in [6.45, 7) is 2.17. The molecule has 2 aliphatic rings. The Bertz CT molecular complexity index is 479. The van der Waals surface area contributed by atoms with Gasteiger partial charge in [-0.15, -0.1) is 0 Å². The highest BCUT2D eigenvalue weighted by atomic mass is 16.4. The first-order chi connectivity index (χ1) is 9.63. The highest BCUT2D eigenvalue weighted by Crippen LogP contribution is 2.55. The zero-order valence-corrected chi connectivity index (χ0v) is 12.2. The number of aliphatic carboxylic acids is 1. The summed E-state index contributed by atoms with van der Waals surface area (Å²) in [6, 6.07) is 10.2. The summed E-state index contributed by atoms with van der Waals surface area (Å²) in [5.74, 6) is 0.846. The molecule has 4 atom stereocenters. The summed E-state index contributed by atoms with van der Waals surface area (Å²) in [4.78, 5) is 12.2. The zero-order valence-electron chi connectivity index (χ0n) is 12.2. The number of hydrogen-bond donors (Lipinski definition) is 1. The smallest absolute Gasteiger partial charge is 0.310 e. The van der Waals surface area contributed by atoms with Crippen molar-refractivity contribution >= 4 is 5.97 Å². The van der Waals surface area contributed by atoms with Gasteiger partial charge in [0.1, 0.15) is 0 Å². The van der Waals surface area contributed by atoms with Crippen LogP contribution in [0.4, 0.5) is 0 Å². The predicted molar refractivity (Wildman–Crippen MR) is 79.4 cm³/mol. The summed E-state index contributed by atoms with van der Waals surface area (Å²) in [7, 11) is 0. The van der Waals surface area contributed by atoms with E-state index in [1.54, 1.807) is 0 Å². The molecule has 0 aliphatic heterocycles. The van der Waals surface area contributed by atoms with Gasteiger partial charge in [0.2, 0.25) is 0 Å². The van der Waals surface area contributed by atoms with Crippen LogP contribution in [-0.4, -0.2) is 11.1 Å². The summed E-state index contributed by atoms with van der Waals surface area (Å²) in [5, 5.41) is 10.0. The van der Waals surface area contributed by atoms with Crippen LogP contribution in [-0.2, 0) is 11.2 Å². The average Bonchev–Trinajstić information content (AvgIpc) is 2.44. The minimum atomic E-state index is -0.570. The number of carboxylic acid groups (broad SMARTS) is 1. The van der Waals surface area contributed by atoms with Crippen LogP contribution in [0.5, 0.6) is 0 Å². The van der Waals surface area contributed by atoms with Gasteiger partial charge in [-0.3, -0.25) is 4.79 Å². The fourth-order valence-corrected chi connectivity index (χ4v) is 4.80. The van der Waals surface area contributed by atoms with Gasteiger partial charge in [-0.1, -0.05) is 50.1 Å². The van der Waals surface area contributed by atoms with E-state index < -0.39 is 11.4 Å². The fraction of sp³-hybridized carbons (Fsp3) is 0.611. The van der Waals surface area contributed by atoms with Gasteiger partial charge in [0.25, 0.3) is 0 Å². The Hall–Kier alpha value is -1.31. The molecule has 2 heteroatoms. The Balaban J connectivity index is 1.95. The molecule has 0 spiro atoms. The van der Waals surface area contributed by atoms with Gasteiger partial charge in [-0.25, -0.2) is 0 Å². The number of fused-ring (bicyclic) bond motifs is 2. The number of hydrogen-bond acceptors (Lipinski definition) is 1. The normalized spacial score (nSPS) is 36.5.